The molecule has 3 nitrogen and oxygen atoms in total. The number of halogens is 2. The van der Waals surface area contributed by atoms with Crippen molar-refractivity contribution in [1.29, 1.82) is 5.26 Å². The van der Waals surface area contributed by atoms with Crippen LogP contribution in [-0.2, 0) is 18.3 Å². The van der Waals surface area contributed by atoms with Gasteiger partial charge in [-0.3, -0.25) is 0 Å². The van der Waals surface area contributed by atoms with E-state index in [4.69, 9.17) is 11.6 Å². The maximum absolute atomic E-state index is 13.8. The second-order valence-corrected chi connectivity index (χ2v) is 6.69. The predicted molar refractivity (Wildman–Crippen MR) is 99.2 cm³/mol. The number of aromatic nitrogens is 2. The number of aryl methyl sites for hydroxylation is 1. The third-order valence-corrected chi connectivity index (χ3v) is 4.72. The summed E-state index contributed by atoms with van der Waals surface area (Å²) in [6, 6.07) is 16.3. The number of nitriles is 1. The van der Waals surface area contributed by atoms with Crippen LogP contribution in [0.4, 0.5) is 4.39 Å². The minimum atomic E-state index is -0.869. The fourth-order valence-corrected chi connectivity index (χ4v) is 3.19. The molecule has 0 radical (unpaired) electrons. The van der Waals surface area contributed by atoms with Crippen LogP contribution in [0.3, 0.4) is 0 Å². The summed E-state index contributed by atoms with van der Waals surface area (Å²) < 4.78 is 13.8. The zero-order chi connectivity index (χ0) is 18.4. The Bertz CT molecular complexity index is 907. The number of benzene rings is 2. The van der Waals surface area contributed by atoms with Crippen molar-refractivity contribution in [3.63, 3.8) is 0 Å². The first-order chi connectivity index (χ1) is 12.6. The van der Waals surface area contributed by atoms with Gasteiger partial charge in [0, 0.05) is 17.4 Å². The van der Waals surface area contributed by atoms with Crippen LogP contribution in [0.1, 0.15) is 23.1 Å². The molecule has 2 aromatic carbocycles. The van der Waals surface area contributed by atoms with Crippen LogP contribution in [0.25, 0.3) is 0 Å². The first-order valence-electron chi connectivity index (χ1n) is 8.27. The standard InChI is InChI=1S/C21H17ClFN3/c22-19-6-4-16(5-7-19)8-9-21(14-24,11-17-12-25-15-26-13-17)18-2-1-3-20(23)10-18/h1-7,10,12-13,15H,8-9,11H2. The minimum Gasteiger partial charge on any atom is -0.245 e. The molecule has 130 valence electrons. The van der Waals surface area contributed by atoms with Gasteiger partial charge in [-0.1, -0.05) is 35.9 Å². The van der Waals surface area contributed by atoms with Gasteiger partial charge in [0.05, 0.1) is 11.5 Å². The number of hydrogen-bond donors (Lipinski definition) is 0. The van der Waals surface area contributed by atoms with Crippen LogP contribution >= 0.6 is 11.6 Å². The van der Waals surface area contributed by atoms with E-state index in [9.17, 15) is 9.65 Å². The lowest BCUT2D eigenvalue weighted by atomic mass is 9.73. The summed E-state index contributed by atoms with van der Waals surface area (Å²) >= 11 is 5.94. The molecule has 1 aromatic heterocycles. The molecule has 0 saturated carbocycles. The van der Waals surface area contributed by atoms with Gasteiger partial charge in [-0.25, -0.2) is 14.4 Å². The van der Waals surface area contributed by atoms with E-state index in [1.165, 1.54) is 18.5 Å². The van der Waals surface area contributed by atoms with Crippen LogP contribution in [0.15, 0.2) is 67.3 Å². The van der Waals surface area contributed by atoms with Crippen molar-refractivity contribution in [2.45, 2.75) is 24.7 Å². The van der Waals surface area contributed by atoms with Crippen LogP contribution < -0.4 is 0 Å². The van der Waals surface area contributed by atoms with Gasteiger partial charge < -0.3 is 0 Å². The van der Waals surface area contributed by atoms with Gasteiger partial charge in [0.15, 0.2) is 0 Å². The van der Waals surface area contributed by atoms with Crippen molar-refractivity contribution < 1.29 is 4.39 Å². The minimum absolute atomic E-state index is 0.349. The summed E-state index contributed by atoms with van der Waals surface area (Å²) in [5.41, 5.74) is 1.72. The topological polar surface area (TPSA) is 49.6 Å². The van der Waals surface area contributed by atoms with Crippen molar-refractivity contribution >= 4 is 11.6 Å². The molecule has 0 aliphatic carbocycles. The summed E-state index contributed by atoms with van der Waals surface area (Å²) in [6.45, 7) is 0. The van der Waals surface area contributed by atoms with E-state index < -0.39 is 5.41 Å². The third-order valence-electron chi connectivity index (χ3n) is 4.46. The van der Waals surface area contributed by atoms with E-state index in [0.29, 0.717) is 29.8 Å². The summed E-state index contributed by atoms with van der Waals surface area (Å²) in [5, 5.41) is 10.7. The van der Waals surface area contributed by atoms with Gasteiger partial charge >= 0.3 is 0 Å². The normalized spacial score (nSPS) is 13.0. The highest BCUT2D eigenvalue weighted by molar-refractivity contribution is 6.30. The van der Waals surface area contributed by atoms with E-state index in [-0.39, 0.29) is 5.82 Å². The molecule has 0 aliphatic heterocycles. The maximum atomic E-state index is 13.8. The fraction of sp³-hybridized carbons (Fsp3) is 0.190. The lowest BCUT2D eigenvalue weighted by Gasteiger charge is -2.27. The average molecular weight is 366 g/mol. The number of nitrogens with zero attached hydrogens (tertiary/aromatic N) is 3. The van der Waals surface area contributed by atoms with Crippen LogP contribution in [0.5, 0.6) is 0 Å². The molecule has 0 spiro atoms. The molecule has 0 saturated heterocycles. The molecule has 5 heteroatoms. The van der Waals surface area contributed by atoms with Gasteiger partial charge in [0.25, 0.3) is 0 Å². The van der Waals surface area contributed by atoms with Gasteiger partial charge in [0.1, 0.15) is 12.1 Å². The first-order valence-corrected chi connectivity index (χ1v) is 8.65. The molecule has 0 amide bonds. The molecule has 26 heavy (non-hydrogen) atoms. The lowest BCUT2D eigenvalue weighted by molar-refractivity contribution is 0.493. The van der Waals surface area contributed by atoms with E-state index in [2.05, 4.69) is 16.0 Å². The number of hydrogen-bond acceptors (Lipinski definition) is 3. The van der Waals surface area contributed by atoms with Crippen molar-refractivity contribution in [3.8, 4) is 6.07 Å². The molecule has 0 bridgehead atoms. The Labute approximate surface area is 157 Å². The molecule has 0 aliphatic rings. The molecule has 1 unspecified atom stereocenters. The summed E-state index contributed by atoms with van der Waals surface area (Å²) in [4.78, 5) is 8.07. The monoisotopic (exact) mass is 365 g/mol. The van der Waals surface area contributed by atoms with E-state index in [0.717, 1.165) is 11.1 Å². The Balaban J connectivity index is 1.94. The highest BCUT2D eigenvalue weighted by atomic mass is 35.5. The van der Waals surface area contributed by atoms with Crippen molar-refractivity contribution in [1.82, 2.24) is 9.97 Å². The van der Waals surface area contributed by atoms with Crippen molar-refractivity contribution in [2.24, 2.45) is 0 Å². The van der Waals surface area contributed by atoms with Gasteiger partial charge in [0.2, 0.25) is 0 Å². The van der Waals surface area contributed by atoms with Crippen LogP contribution in [0.2, 0.25) is 5.02 Å². The Morgan fingerprint density at radius 1 is 1.04 bits per heavy atom. The van der Waals surface area contributed by atoms with E-state index in [1.807, 2.05) is 24.3 Å². The highest BCUT2D eigenvalue weighted by Gasteiger charge is 2.33. The maximum Gasteiger partial charge on any atom is 0.123 e. The predicted octanol–water partition coefficient (Wildman–Crippen LogP) is 4.91. The van der Waals surface area contributed by atoms with E-state index >= 15 is 0 Å². The zero-order valence-corrected chi connectivity index (χ0v) is 14.8. The second kappa shape index (κ2) is 8.07. The molecule has 3 aromatic rings. The number of rotatable bonds is 6. The van der Waals surface area contributed by atoms with Crippen LogP contribution in [-0.4, -0.2) is 9.97 Å². The third kappa shape index (κ3) is 4.25. The van der Waals surface area contributed by atoms with Gasteiger partial charge in [-0.05, 0) is 60.2 Å². The Morgan fingerprint density at radius 3 is 2.42 bits per heavy atom. The molecular formula is C21H17ClFN3. The average Bonchev–Trinajstić information content (AvgIpc) is 2.67. The zero-order valence-electron chi connectivity index (χ0n) is 14.1. The summed E-state index contributed by atoms with van der Waals surface area (Å²) in [7, 11) is 0. The lowest BCUT2D eigenvalue weighted by Crippen LogP contribution is -2.28. The van der Waals surface area contributed by atoms with Gasteiger partial charge in [-0.2, -0.15) is 5.26 Å². The molecule has 3 rings (SSSR count). The van der Waals surface area contributed by atoms with Gasteiger partial charge in [-0.15, -0.1) is 0 Å². The molecule has 1 atom stereocenters. The van der Waals surface area contributed by atoms with E-state index in [1.54, 1.807) is 24.5 Å². The summed E-state index contributed by atoms with van der Waals surface area (Å²) in [6.07, 6.45) is 6.48. The highest BCUT2D eigenvalue weighted by Crippen LogP contribution is 2.33. The Morgan fingerprint density at radius 2 is 1.77 bits per heavy atom. The van der Waals surface area contributed by atoms with Crippen LogP contribution in [0, 0.1) is 17.1 Å². The molecule has 1 heterocycles. The Kier molecular flexibility index (Phi) is 5.60. The quantitative estimate of drug-likeness (QED) is 0.623. The largest absolute Gasteiger partial charge is 0.245 e. The smallest absolute Gasteiger partial charge is 0.123 e. The van der Waals surface area contributed by atoms with Crippen molar-refractivity contribution in [3.05, 3.63) is 94.8 Å². The second-order valence-electron chi connectivity index (χ2n) is 6.25. The molecular weight excluding hydrogens is 349 g/mol. The SMILES string of the molecule is N#CC(CCc1ccc(Cl)cc1)(Cc1cncnc1)c1cccc(F)c1. The molecule has 0 fully saturated rings. The van der Waals surface area contributed by atoms with Crippen molar-refractivity contribution in [2.75, 3.05) is 0 Å². The Hall–Kier alpha value is -2.77. The molecule has 0 N–H and O–H groups in total. The fourth-order valence-electron chi connectivity index (χ4n) is 3.06. The summed E-state index contributed by atoms with van der Waals surface area (Å²) in [5.74, 6) is -0.349. The first kappa shape index (κ1) is 18.0.